The van der Waals surface area contributed by atoms with Crippen molar-refractivity contribution < 1.29 is 14.3 Å². The lowest BCUT2D eigenvalue weighted by Crippen LogP contribution is -2.46. The summed E-state index contributed by atoms with van der Waals surface area (Å²) in [6.07, 6.45) is 2.98. The highest BCUT2D eigenvalue weighted by atomic mass is 35.5. The summed E-state index contributed by atoms with van der Waals surface area (Å²) >= 11 is 6.14. The Kier molecular flexibility index (Phi) is 8.47. The fourth-order valence-corrected chi connectivity index (χ4v) is 5.38. The van der Waals surface area contributed by atoms with Crippen LogP contribution in [0.4, 0.5) is 0 Å². The van der Waals surface area contributed by atoms with E-state index >= 15 is 0 Å². The predicted molar refractivity (Wildman–Crippen MR) is 135 cm³/mol. The molecular weight excluding hydrogens is 434 g/mol. The lowest BCUT2D eigenvalue weighted by atomic mass is 9.67. The molecule has 33 heavy (non-hydrogen) atoms. The number of hydrogen-bond donors (Lipinski definition) is 1. The molecule has 0 aromatic heterocycles. The Bertz CT molecular complexity index is 908. The normalized spacial score (nSPS) is 20.9. The van der Waals surface area contributed by atoms with Crippen LogP contribution in [0, 0.1) is 5.92 Å². The summed E-state index contributed by atoms with van der Waals surface area (Å²) in [7, 11) is 1.68. The molecule has 0 aliphatic carbocycles. The Morgan fingerprint density at radius 3 is 2.36 bits per heavy atom. The molecule has 3 rings (SSSR count). The number of nitrogens with one attached hydrogen (secondary N) is 1. The van der Waals surface area contributed by atoms with E-state index in [4.69, 9.17) is 21.1 Å². The minimum absolute atomic E-state index is 0.0971. The van der Waals surface area contributed by atoms with Crippen LogP contribution in [0.1, 0.15) is 70.4 Å². The average Bonchev–Trinajstić information content (AvgIpc) is 2.76. The second-order valence-electron chi connectivity index (χ2n) is 10.3. The Hall–Kier alpha value is -2.04. The van der Waals surface area contributed by atoms with Crippen molar-refractivity contribution in [2.75, 3.05) is 20.3 Å². The summed E-state index contributed by atoms with van der Waals surface area (Å²) in [6.45, 7) is 9.99. The molecule has 2 aromatic carbocycles. The first-order valence-electron chi connectivity index (χ1n) is 11.9. The molecule has 0 spiro atoms. The molecule has 0 bridgehead atoms. The van der Waals surface area contributed by atoms with E-state index in [9.17, 15) is 4.79 Å². The molecule has 1 aliphatic heterocycles. The fraction of sp³-hybridized carbons (Fsp3) is 0.536. The van der Waals surface area contributed by atoms with Gasteiger partial charge in [-0.3, -0.25) is 4.79 Å². The van der Waals surface area contributed by atoms with Gasteiger partial charge in [-0.05, 0) is 80.3 Å². The van der Waals surface area contributed by atoms with Crippen LogP contribution < -0.4 is 10.1 Å². The van der Waals surface area contributed by atoms with Crippen LogP contribution in [0.2, 0.25) is 5.02 Å². The number of carbonyl (C=O) groups excluding carboxylic acids is 1. The summed E-state index contributed by atoms with van der Waals surface area (Å²) in [4.78, 5) is 13.1. The standard InChI is InChI=1S/C28H38ClNO3/c1-20(2)25(21-6-12-24(32-5)13-7-21)14-16-30-26(31)18-28(15-17-33-27(3,4)19-28)22-8-10-23(29)11-9-22/h6-13,20,25H,14-19H2,1-5H3,(H,30,31)/t25-,28+/m1/s1. The van der Waals surface area contributed by atoms with Gasteiger partial charge < -0.3 is 14.8 Å². The Labute approximate surface area is 204 Å². The van der Waals surface area contributed by atoms with Gasteiger partial charge in [-0.1, -0.05) is 49.7 Å². The molecule has 1 amide bonds. The number of halogens is 1. The van der Waals surface area contributed by atoms with Crippen LogP contribution in [0.3, 0.4) is 0 Å². The third kappa shape index (κ3) is 6.74. The molecule has 5 heteroatoms. The molecule has 1 aliphatic rings. The van der Waals surface area contributed by atoms with E-state index in [1.807, 2.05) is 24.3 Å². The van der Waals surface area contributed by atoms with E-state index in [1.165, 1.54) is 5.56 Å². The van der Waals surface area contributed by atoms with E-state index < -0.39 is 0 Å². The van der Waals surface area contributed by atoms with Crippen molar-refractivity contribution >= 4 is 17.5 Å². The topological polar surface area (TPSA) is 47.6 Å². The lowest BCUT2D eigenvalue weighted by molar-refractivity contribution is -0.126. The van der Waals surface area contributed by atoms with Crippen LogP contribution in [-0.2, 0) is 14.9 Å². The maximum Gasteiger partial charge on any atom is 0.220 e. The molecule has 0 saturated carbocycles. The summed E-state index contributed by atoms with van der Waals surface area (Å²) in [5.74, 6) is 1.82. The Morgan fingerprint density at radius 2 is 1.79 bits per heavy atom. The first-order chi connectivity index (χ1) is 15.6. The van der Waals surface area contributed by atoms with Gasteiger partial charge in [0.25, 0.3) is 0 Å². The van der Waals surface area contributed by atoms with Crippen molar-refractivity contribution in [3.05, 3.63) is 64.7 Å². The summed E-state index contributed by atoms with van der Waals surface area (Å²) in [5.41, 5.74) is 1.93. The maximum atomic E-state index is 13.1. The average molecular weight is 472 g/mol. The third-order valence-electron chi connectivity index (χ3n) is 6.92. The highest BCUT2D eigenvalue weighted by molar-refractivity contribution is 6.30. The Morgan fingerprint density at radius 1 is 1.12 bits per heavy atom. The van der Waals surface area contributed by atoms with Crippen molar-refractivity contribution in [3.63, 3.8) is 0 Å². The monoisotopic (exact) mass is 471 g/mol. The van der Waals surface area contributed by atoms with Crippen LogP contribution >= 0.6 is 11.6 Å². The molecule has 0 radical (unpaired) electrons. The number of benzene rings is 2. The van der Waals surface area contributed by atoms with Crippen molar-refractivity contribution in [2.24, 2.45) is 5.92 Å². The van der Waals surface area contributed by atoms with Crippen molar-refractivity contribution in [2.45, 2.75) is 70.3 Å². The molecule has 1 fully saturated rings. The number of methoxy groups -OCH3 is 1. The molecule has 1 N–H and O–H groups in total. The molecule has 2 aromatic rings. The van der Waals surface area contributed by atoms with Crippen LogP contribution in [0.25, 0.3) is 0 Å². The van der Waals surface area contributed by atoms with Gasteiger partial charge in [-0.2, -0.15) is 0 Å². The first-order valence-corrected chi connectivity index (χ1v) is 12.3. The van der Waals surface area contributed by atoms with Gasteiger partial charge in [0.15, 0.2) is 0 Å². The second kappa shape index (κ2) is 10.9. The highest BCUT2D eigenvalue weighted by Crippen LogP contribution is 2.44. The zero-order chi connectivity index (χ0) is 24.1. The van der Waals surface area contributed by atoms with Crippen LogP contribution in [-0.4, -0.2) is 31.8 Å². The highest BCUT2D eigenvalue weighted by Gasteiger charge is 2.43. The number of ether oxygens (including phenoxy) is 2. The minimum Gasteiger partial charge on any atom is -0.497 e. The van der Waals surface area contributed by atoms with E-state index in [0.717, 1.165) is 30.6 Å². The van der Waals surface area contributed by atoms with Crippen molar-refractivity contribution in [1.82, 2.24) is 5.32 Å². The number of amides is 1. The van der Waals surface area contributed by atoms with E-state index in [0.29, 0.717) is 36.4 Å². The predicted octanol–water partition coefficient (Wildman–Crippen LogP) is 6.51. The molecule has 1 heterocycles. The third-order valence-corrected chi connectivity index (χ3v) is 7.17. The molecule has 180 valence electrons. The minimum atomic E-state index is -0.269. The summed E-state index contributed by atoms with van der Waals surface area (Å²) in [5, 5.41) is 3.92. The number of hydrogen-bond acceptors (Lipinski definition) is 3. The SMILES string of the molecule is COc1ccc([C@H](CCNC(=O)C[C@@]2(c3ccc(Cl)cc3)CCOC(C)(C)C2)C(C)C)cc1. The van der Waals surface area contributed by atoms with Gasteiger partial charge in [-0.25, -0.2) is 0 Å². The molecular formula is C28H38ClNO3. The van der Waals surface area contributed by atoms with Gasteiger partial charge >= 0.3 is 0 Å². The van der Waals surface area contributed by atoms with E-state index in [-0.39, 0.29) is 16.9 Å². The van der Waals surface area contributed by atoms with Gasteiger partial charge in [0, 0.05) is 30.0 Å². The fourth-order valence-electron chi connectivity index (χ4n) is 5.25. The van der Waals surface area contributed by atoms with Crippen molar-refractivity contribution in [1.29, 1.82) is 0 Å². The zero-order valence-electron chi connectivity index (χ0n) is 20.6. The van der Waals surface area contributed by atoms with E-state index in [1.54, 1.807) is 7.11 Å². The van der Waals surface area contributed by atoms with Gasteiger partial charge in [-0.15, -0.1) is 0 Å². The van der Waals surface area contributed by atoms with Gasteiger partial charge in [0.2, 0.25) is 5.91 Å². The van der Waals surface area contributed by atoms with Crippen LogP contribution in [0.5, 0.6) is 5.75 Å². The second-order valence-corrected chi connectivity index (χ2v) is 10.7. The Balaban J connectivity index is 1.66. The maximum absolute atomic E-state index is 13.1. The van der Waals surface area contributed by atoms with E-state index in [2.05, 4.69) is 57.3 Å². The quantitative estimate of drug-likeness (QED) is 0.453. The molecule has 0 unspecified atom stereocenters. The zero-order valence-corrected chi connectivity index (χ0v) is 21.4. The number of rotatable bonds is 9. The summed E-state index contributed by atoms with van der Waals surface area (Å²) in [6, 6.07) is 16.2. The smallest absolute Gasteiger partial charge is 0.220 e. The summed E-state index contributed by atoms with van der Waals surface area (Å²) < 4.78 is 11.3. The van der Waals surface area contributed by atoms with Gasteiger partial charge in [0.05, 0.1) is 12.7 Å². The molecule has 2 atom stereocenters. The number of carbonyl (C=O) groups is 1. The lowest BCUT2D eigenvalue weighted by Gasteiger charge is -2.45. The molecule has 4 nitrogen and oxygen atoms in total. The molecule has 1 saturated heterocycles. The van der Waals surface area contributed by atoms with Crippen molar-refractivity contribution in [3.8, 4) is 5.75 Å². The van der Waals surface area contributed by atoms with Gasteiger partial charge in [0.1, 0.15) is 5.75 Å². The largest absolute Gasteiger partial charge is 0.497 e. The van der Waals surface area contributed by atoms with Crippen LogP contribution in [0.15, 0.2) is 48.5 Å². The first kappa shape index (κ1) is 25.6.